The van der Waals surface area contributed by atoms with E-state index in [9.17, 15) is 15.2 Å². The maximum Gasteiger partial charge on any atom is 0.407 e. The summed E-state index contributed by atoms with van der Waals surface area (Å²) in [6.07, 6.45) is 3.13. The molecule has 1 unspecified atom stereocenters. The van der Waals surface area contributed by atoms with Crippen LogP contribution >= 0.6 is 11.6 Å². The number of likely N-dealkylation sites (N-methyl/N-ethyl adjacent to an activating group) is 1. The second-order valence-corrected chi connectivity index (χ2v) is 12.7. The average Bonchev–Trinajstić information content (AvgIpc) is 3.52. The zero-order valence-corrected chi connectivity index (χ0v) is 25.1. The number of carbonyl (C=O) groups is 1. The number of aromatic nitrogens is 2. The zero-order chi connectivity index (χ0) is 29.7. The van der Waals surface area contributed by atoms with Crippen molar-refractivity contribution in [2.24, 2.45) is 5.92 Å². The molecule has 5 heterocycles. The Balaban J connectivity index is 1.24. The summed E-state index contributed by atoms with van der Waals surface area (Å²) in [5.41, 5.74) is 3.10. The Hall–Kier alpha value is -3.81. The monoisotopic (exact) mass is 601 g/mol. The number of piperazine rings is 1. The number of hydrogen-bond acceptors (Lipinski definition) is 8. The number of likely N-dealkylation sites (tertiary alicyclic amines) is 1. The second-order valence-electron chi connectivity index (χ2n) is 12.3. The number of rotatable bonds is 6. The van der Waals surface area contributed by atoms with Gasteiger partial charge < -0.3 is 24.5 Å². The van der Waals surface area contributed by atoms with Crippen LogP contribution in [0.2, 0.25) is 5.02 Å². The van der Waals surface area contributed by atoms with Gasteiger partial charge in [0.15, 0.2) is 0 Å². The minimum Gasteiger partial charge on any atom is -0.465 e. The fourth-order valence-electron chi connectivity index (χ4n) is 7.70. The van der Waals surface area contributed by atoms with Crippen LogP contribution in [0.25, 0.3) is 10.8 Å². The van der Waals surface area contributed by atoms with Crippen LogP contribution in [0.5, 0.6) is 6.01 Å². The van der Waals surface area contributed by atoms with Crippen molar-refractivity contribution >= 4 is 40.0 Å². The lowest BCUT2D eigenvalue weighted by Gasteiger charge is -2.42. The van der Waals surface area contributed by atoms with E-state index in [1.165, 1.54) is 0 Å². The first-order chi connectivity index (χ1) is 20.9. The Labute approximate surface area is 256 Å². The molecule has 1 aromatic heterocycles. The minimum absolute atomic E-state index is 0.0222. The fraction of sp³-hybridized carbons (Fsp3) is 0.500. The molecule has 0 saturated carbocycles. The highest BCUT2D eigenvalue weighted by atomic mass is 35.5. The van der Waals surface area contributed by atoms with Gasteiger partial charge >= 0.3 is 12.1 Å². The van der Waals surface area contributed by atoms with Gasteiger partial charge in [0.1, 0.15) is 12.4 Å². The van der Waals surface area contributed by atoms with Crippen LogP contribution in [0.15, 0.2) is 36.4 Å². The van der Waals surface area contributed by atoms with E-state index in [2.05, 4.69) is 52.1 Å². The highest BCUT2D eigenvalue weighted by molar-refractivity contribution is 6.36. The smallest absolute Gasteiger partial charge is 0.407 e. The molecule has 7 rings (SSSR count). The summed E-state index contributed by atoms with van der Waals surface area (Å²) in [4.78, 5) is 30.6. The van der Waals surface area contributed by atoms with E-state index in [1.54, 1.807) is 4.90 Å². The highest BCUT2D eigenvalue weighted by Gasteiger charge is 2.49. The van der Waals surface area contributed by atoms with Crippen LogP contribution in [-0.2, 0) is 13.0 Å². The van der Waals surface area contributed by atoms with Gasteiger partial charge in [0.2, 0.25) is 0 Å². The van der Waals surface area contributed by atoms with Gasteiger partial charge in [-0.25, -0.2) is 4.79 Å². The molecule has 3 saturated heterocycles. The maximum absolute atomic E-state index is 12.2. The number of fused-ring (bicyclic) bond motifs is 4. The number of anilines is 2. The van der Waals surface area contributed by atoms with Crippen LogP contribution in [0.3, 0.4) is 0 Å². The van der Waals surface area contributed by atoms with Gasteiger partial charge in [-0.3, -0.25) is 4.90 Å². The third-order valence-corrected chi connectivity index (χ3v) is 10.2. The van der Waals surface area contributed by atoms with E-state index in [4.69, 9.17) is 26.3 Å². The molecule has 0 radical (unpaired) electrons. The van der Waals surface area contributed by atoms with Crippen LogP contribution in [-0.4, -0.2) is 88.9 Å². The first-order valence-electron chi connectivity index (χ1n) is 15.2. The lowest BCUT2D eigenvalue weighted by atomic mass is 9.97. The molecule has 0 aliphatic carbocycles. The molecule has 11 heteroatoms. The first kappa shape index (κ1) is 28.0. The van der Waals surface area contributed by atoms with Gasteiger partial charge in [0, 0.05) is 48.7 Å². The minimum atomic E-state index is -0.908. The predicted molar refractivity (Wildman–Crippen MR) is 165 cm³/mol. The molecule has 4 aliphatic rings. The van der Waals surface area contributed by atoms with Crippen LogP contribution in [0.1, 0.15) is 36.9 Å². The summed E-state index contributed by atoms with van der Waals surface area (Å²) in [6, 6.07) is 14.8. The summed E-state index contributed by atoms with van der Waals surface area (Å²) in [5, 5.41) is 22.3. The molecule has 2 bridgehead atoms. The molecule has 1 N–H and O–H groups in total. The molecule has 43 heavy (non-hydrogen) atoms. The zero-order valence-electron chi connectivity index (χ0n) is 24.3. The summed E-state index contributed by atoms with van der Waals surface area (Å²) < 4.78 is 6.30. The van der Waals surface area contributed by atoms with Crippen LogP contribution in [0.4, 0.5) is 16.3 Å². The Bertz CT molecular complexity index is 1590. The number of carboxylic acid groups (broad SMARTS) is 1. The first-order valence-corrected chi connectivity index (χ1v) is 15.6. The van der Waals surface area contributed by atoms with Gasteiger partial charge in [-0.2, -0.15) is 15.2 Å². The summed E-state index contributed by atoms with van der Waals surface area (Å²) in [6.45, 7) is 4.01. The lowest BCUT2D eigenvalue weighted by molar-refractivity contribution is 0.110. The summed E-state index contributed by atoms with van der Waals surface area (Å²) in [7, 11) is 2.13. The standard InChI is InChI=1S/C32H36ClN7O3/c1-37-13-4-7-22(37)19-43-31-35-26-17-38(27-9-3-6-20-5-2-8-25(33)29(20)27)14-11-24(26)30(36-31)39-16-23-15-21(10-12-34)28(18-39)40(23)32(41)42/h2-3,5-6,8-9,21-23,28H,4,7,10-11,13-19H2,1H3,(H,41,42)/t21-,22?,23-,28-/m1/s1. The quantitative estimate of drug-likeness (QED) is 0.426. The molecule has 2 aromatic carbocycles. The van der Waals surface area contributed by atoms with E-state index in [-0.39, 0.29) is 18.0 Å². The van der Waals surface area contributed by atoms with Gasteiger partial charge in [-0.1, -0.05) is 35.9 Å². The Morgan fingerprint density at radius 2 is 2.00 bits per heavy atom. The van der Waals surface area contributed by atoms with Gasteiger partial charge in [-0.15, -0.1) is 0 Å². The molecule has 0 spiro atoms. The Morgan fingerprint density at radius 3 is 2.77 bits per heavy atom. The highest BCUT2D eigenvalue weighted by Crippen LogP contribution is 2.41. The number of benzene rings is 2. The largest absolute Gasteiger partial charge is 0.465 e. The van der Waals surface area contributed by atoms with Crippen molar-refractivity contribution in [3.63, 3.8) is 0 Å². The molecular weight excluding hydrogens is 566 g/mol. The number of ether oxygens (including phenoxy) is 1. The molecular formula is C32H36ClN7O3. The van der Waals surface area contributed by atoms with Crippen LogP contribution < -0.4 is 14.5 Å². The predicted octanol–water partition coefficient (Wildman–Crippen LogP) is 4.79. The molecule has 3 fully saturated rings. The molecule has 10 nitrogen and oxygen atoms in total. The number of amides is 1. The van der Waals surface area contributed by atoms with E-state index >= 15 is 0 Å². The second kappa shape index (κ2) is 11.4. The van der Waals surface area contributed by atoms with Crippen molar-refractivity contribution in [1.82, 2.24) is 19.8 Å². The Kier molecular flexibility index (Phi) is 7.39. The van der Waals surface area contributed by atoms with Crippen LogP contribution in [0, 0.1) is 17.2 Å². The van der Waals surface area contributed by atoms with Gasteiger partial charge in [0.25, 0.3) is 0 Å². The summed E-state index contributed by atoms with van der Waals surface area (Å²) >= 11 is 6.70. The van der Waals surface area contributed by atoms with Crippen molar-refractivity contribution in [1.29, 1.82) is 5.26 Å². The molecule has 4 aliphatic heterocycles. The van der Waals surface area contributed by atoms with E-state index < -0.39 is 6.09 Å². The molecule has 1 amide bonds. The van der Waals surface area contributed by atoms with Gasteiger partial charge in [-0.05, 0) is 62.7 Å². The topological polar surface area (TPSA) is 109 Å². The lowest BCUT2D eigenvalue weighted by Crippen LogP contribution is -2.57. The molecule has 3 aromatic rings. The van der Waals surface area contributed by atoms with Crippen molar-refractivity contribution in [2.45, 2.75) is 56.8 Å². The Morgan fingerprint density at radius 1 is 1.16 bits per heavy atom. The fourth-order valence-corrected chi connectivity index (χ4v) is 7.98. The van der Waals surface area contributed by atoms with Crippen molar-refractivity contribution in [3.05, 3.63) is 52.7 Å². The molecule has 224 valence electrons. The third-order valence-electron chi connectivity index (χ3n) is 9.85. The number of halogens is 1. The number of nitriles is 1. The van der Waals surface area contributed by atoms with Crippen molar-refractivity contribution < 1.29 is 14.6 Å². The third kappa shape index (κ3) is 5.08. The summed E-state index contributed by atoms with van der Waals surface area (Å²) in [5.74, 6) is 0.863. The van der Waals surface area contributed by atoms with Crippen molar-refractivity contribution in [3.8, 4) is 12.1 Å². The van der Waals surface area contributed by atoms with E-state index in [0.717, 1.165) is 70.9 Å². The van der Waals surface area contributed by atoms with Crippen molar-refractivity contribution in [2.75, 3.05) is 49.6 Å². The van der Waals surface area contributed by atoms with E-state index in [1.807, 2.05) is 12.1 Å². The van der Waals surface area contributed by atoms with Gasteiger partial charge in [0.05, 0.1) is 35.4 Å². The maximum atomic E-state index is 12.2. The molecule has 4 atom stereocenters. The number of nitrogens with zero attached hydrogens (tertiary/aromatic N) is 7. The average molecular weight is 602 g/mol. The SMILES string of the molecule is CN1CCCC1COc1nc2c(c(N3C[C@H]4C[C@@H](CC#N)[C@@H](C3)N4C(=O)O)n1)CCN(c1cccc3cccc(Cl)c13)C2. The number of hydrogen-bond donors (Lipinski definition) is 1. The normalized spacial score (nSPS) is 25.2. The van der Waals surface area contributed by atoms with E-state index in [0.29, 0.717) is 51.1 Å².